The van der Waals surface area contributed by atoms with Crippen molar-refractivity contribution in [3.63, 3.8) is 0 Å². The molecule has 0 radical (unpaired) electrons. The van der Waals surface area contributed by atoms with Gasteiger partial charge in [0.15, 0.2) is 6.61 Å². The third-order valence-electron chi connectivity index (χ3n) is 4.12. The van der Waals surface area contributed by atoms with Crippen LogP contribution in [0.2, 0.25) is 0 Å². The van der Waals surface area contributed by atoms with Crippen molar-refractivity contribution in [3.8, 4) is 5.75 Å². The minimum atomic E-state index is -0.572. The molecule has 6 heteroatoms. The Hall–Kier alpha value is -3.25. The van der Waals surface area contributed by atoms with Gasteiger partial charge in [-0.15, -0.1) is 11.8 Å². The minimum absolute atomic E-state index is 0.377. The van der Waals surface area contributed by atoms with Gasteiger partial charge in [0.05, 0.1) is 12.3 Å². The van der Waals surface area contributed by atoms with Gasteiger partial charge >= 0.3 is 5.97 Å². The van der Waals surface area contributed by atoms with Crippen molar-refractivity contribution in [3.05, 3.63) is 90.5 Å². The summed E-state index contributed by atoms with van der Waals surface area (Å²) in [5.74, 6) is -0.322. The maximum absolute atomic E-state index is 12.8. The van der Waals surface area contributed by atoms with Gasteiger partial charge in [-0.05, 0) is 36.8 Å². The van der Waals surface area contributed by atoms with Crippen molar-refractivity contribution < 1.29 is 19.1 Å². The Labute approximate surface area is 180 Å². The number of benzene rings is 3. The largest absolute Gasteiger partial charge is 0.492 e. The third-order valence-corrected chi connectivity index (χ3v) is 5.36. The van der Waals surface area contributed by atoms with Gasteiger partial charge in [0, 0.05) is 4.90 Å². The number of carbonyl (C=O) groups excluding carboxylic acids is 2. The van der Waals surface area contributed by atoms with E-state index in [2.05, 4.69) is 5.32 Å². The summed E-state index contributed by atoms with van der Waals surface area (Å²) in [4.78, 5) is 26.1. The Bertz CT molecular complexity index is 963. The van der Waals surface area contributed by atoms with Crippen LogP contribution < -0.4 is 10.1 Å². The van der Waals surface area contributed by atoms with Crippen molar-refractivity contribution in [1.82, 2.24) is 0 Å². The molecule has 5 nitrogen and oxygen atoms in total. The first-order valence-electron chi connectivity index (χ1n) is 9.62. The van der Waals surface area contributed by atoms with E-state index < -0.39 is 17.1 Å². The molecule has 1 N–H and O–H groups in total. The Morgan fingerprint density at radius 1 is 0.900 bits per heavy atom. The fourth-order valence-electron chi connectivity index (χ4n) is 2.77. The molecule has 0 bridgehead atoms. The van der Waals surface area contributed by atoms with Gasteiger partial charge < -0.3 is 14.8 Å². The maximum Gasteiger partial charge on any atom is 0.324 e. The lowest BCUT2D eigenvalue weighted by molar-refractivity contribution is -0.146. The van der Waals surface area contributed by atoms with E-state index in [4.69, 9.17) is 9.47 Å². The lowest BCUT2D eigenvalue weighted by Gasteiger charge is -2.16. The average Bonchev–Trinajstić information content (AvgIpc) is 2.78. The van der Waals surface area contributed by atoms with Crippen LogP contribution >= 0.6 is 11.8 Å². The summed E-state index contributed by atoms with van der Waals surface area (Å²) in [6.07, 6.45) is 0. The van der Waals surface area contributed by atoms with Crippen LogP contribution in [0.1, 0.15) is 17.7 Å². The highest BCUT2D eigenvalue weighted by Gasteiger charge is 2.24. The number of anilines is 1. The van der Waals surface area contributed by atoms with Gasteiger partial charge in [0.1, 0.15) is 11.0 Å². The van der Waals surface area contributed by atoms with Gasteiger partial charge in [0.2, 0.25) is 0 Å². The number of carbonyl (C=O) groups is 2. The van der Waals surface area contributed by atoms with Crippen LogP contribution in [0.5, 0.6) is 5.75 Å². The number of amides is 1. The topological polar surface area (TPSA) is 64.6 Å². The predicted octanol–water partition coefficient (Wildman–Crippen LogP) is 5.10. The zero-order valence-corrected chi connectivity index (χ0v) is 17.4. The summed E-state index contributed by atoms with van der Waals surface area (Å²) in [6.45, 7) is 1.98. The summed E-state index contributed by atoms with van der Waals surface area (Å²) in [6, 6.07) is 26.1. The molecule has 0 unspecified atom stereocenters. The molecule has 3 aromatic carbocycles. The molecule has 0 saturated carbocycles. The molecule has 0 aromatic heterocycles. The predicted molar refractivity (Wildman–Crippen MR) is 119 cm³/mol. The minimum Gasteiger partial charge on any atom is -0.492 e. The van der Waals surface area contributed by atoms with Crippen LogP contribution in [0.15, 0.2) is 89.8 Å². The van der Waals surface area contributed by atoms with Crippen LogP contribution in [-0.4, -0.2) is 25.1 Å². The number of esters is 1. The quantitative estimate of drug-likeness (QED) is 0.385. The molecule has 0 aliphatic rings. The van der Waals surface area contributed by atoms with Gasteiger partial charge in [0.25, 0.3) is 5.91 Å². The van der Waals surface area contributed by atoms with E-state index in [1.54, 1.807) is 18.2 Å². The summed E-state index contributed by atoms with van der Waals surface area (Å²) in [5, 5.41) is 2.16. The fourth-order valence-corrected chi connectivity index (χ4v) is 3.81. The Balaban J connectivity index is 1.65. The molecule has 3 aromatic rings. The van der Waals surface area contributed by atoms with Crippen LogP contribution in [0, 0.1) is 0 Å². The zero-order valence-electron chi connectivity index (χ0n) is 16.6. The molecule has 0 saturated heterocycles. The van der Waals surface area contributed by atoms with E-state index in [9.17, 15) is 9.59 Å². The Kier molecular flexibility index (Phi) is 7.92. The number of ether oxygens (including phenoxy) is 2. The number of hydrogen-bond acceptors (Lipinski definition) is 5. The molecule has 154 valence electrons. The van der Waals surface area contributed by atoms with E-state index in [1.807, 2.05) is 73.7 Å². The highest BCUT2D eigenvalue weighted by Crippen LogP contribution is 2.36. The van der Waals surface area contributed by atoms with Crippen molar-refractivity contribution in [2.75, 3.05) is 18.5 Å². The third kappa shape index (κ3) is 6.12. The van der Waals surface area contributed by atoms with Crippen molar-refractivity contribution in [2.45, 2.75) is 17.1 Å². The second kappa shape index (κ2) is 11.1. The van der Waals surface area contributed by atoms with Gasteiger partial charge in [-0.2, -0.15) is 0 Å². The number of nitrogens with one attached hydrogen (secondary N) is 1. The number of thioether (sulfide) groups is 1. The second-order valence-electron chi connectivity index (χ2n) is 6.31. The molecule has 3 rings (SSSR count). The van der Waals surface area contributed by atoms with E-state index >= 15 is 0 Å². The Morgan fingerprint density at radius 2 is 1.53 bits per heavy atom. The van der Waals surface area contributed by atoms with Crippen molar-refractivity contribution in [1.29, 1.82) is 0 Å². The SMILES string of the molecule is CCOc1ccccc1NC(=O)COC(=O)[C@@H](Sc1ccccc1)c1ccccc1. The van der Waals surface area contributed by atoms with Crippen LogP contribution in [0.4, 0.5) is 5.69 Å². The number of para-hydroxylation sites is 2. The highest BCUT2D eigenvalue weighted by atomic mass is 32.2. The van der Waals surface area contributed by atoms with Gasteiger partial charge in [-0.3, -0.25) is 9.59 Å². The van der Waals surface area contributed by atoms with Crippen LogP contribution in [0.25, 0.3) is 0 Å². The summed E-state index contributed by atoms with van der Waals surface area (Å²) >= 11 is 1.39. The normalized spacial score (nSPS) is 11.4. The molecule has 1 amide bonds. The molecule has 0 aliphatic heterocycles. The molecule has 0 heterocycles. The lowest BCUT2D eigenvalue weighted by atomic mass is 10.1. The van der Waals surface area contributed by atoms with Crippen molar-refractivity contribution >= 4 is 29.3 Å². The Morgan fingerprint density at radius 3 is 2.23 bits per heavy atom. The standard InChI is InChI=1S/C24H23NO4S/c1-2-28-21-16-10-9-15-20(21)25-22(26)17-29-24(27)23(18-11-5-3-6-12-18)30-19-13-7-4-8-14-19/h3-16,23H,2,17H2,1H3,(H,25,26)/t23-/m0/s1. The first-order chi connectivity index (χ1) is 14.7. The van der Waals surface area contributed by atoms with Gasteiger partial charge in [-0.25, -0.2) is 0 Å². The molecule has 0 spiro atoms. The van der Waals surface area contributed by atoms with Crippen LogP contribution in [0.3, 0.4) is 0 Å². The summed E-state index contributed by atoms with van der Waals surface area (Å²) in [7, 11) is 0. The fraction of sp³-hybridized carbons (Fsp3) is 0.167. The summed E-state index contributed by atoms with van der Waals surface area (Å²) < 4.78 is 10.9. The van der Waals surface area contributed by atoms with E-state index in [0.717, 1.165) is 10.5 Å². The first-order valence-corrected chi connectivity index (χ1v) is 10.5. The van der Waals surface area contributed by atoms with E-state index in [0.29, 0.717) is 18.0 Å². The first kappa shape index (κ1) is 21.5. The van der Waals surface area contributed by atoms with Crippen LogP contribution in [-0.2, 0) is 14.3 Å². The molecule has 0 fully saturated rings. The second-order valence-corrected chi connectivity index (χ2v) is 7.49. The maximum atomic E-state index is 12.8. The summed E-state index contributed by atoms with van der Waals surface area (Å²) in [5.41, 5.74) is 1.36. The number of rotatable bonds is 9. The van der Waals surface area contributed by atoms with Gasteiger partial charge in [-0.1, -0.05) is 60.7 Å². The molecule has 1 atom stereocenters. The molecular weight excluding hydrogens is 398 g/mol. The smallest absolute Gasteiger partial charge is 0.324 e. The van der Waals surface area contributed by atoms with E-state index in [1.165, 1.54) is 11.8 Å². The number of hydrogen-bond donors (Lipinski definition) is 1. The molecular formula is C24H23NO4S. The lowest BCUT2D eigenvalue weighted by Crippen LogP contribution is -2.23. The average molecular weight is 422 g/mol. The highest BCUT2D eigenvalue weighted by molar-refractivity contribution is 8.00. The monoisotopic (exact) mass is 421 g/mol. The molecule has 30 heavy (non-hydrogen) atoms. The molecule has 0 aliphatic carbocycles. The van der Waals surface area contributed by atoms with E-state index in [-0.39, 0.29) is 6.61 Å². The zero-order chi connectivity index (χ0) is 21.2. The van der Waals surface area contributed by atoms with Crippen molar-refractivity contribution in [2.24, 2.45) is 0 Å².